The van der Waals surface area contributed by atoms with Gasteiger partial charge in [-0.15, -0.1) is 0 Å². The lowest BCUT2D eigenvalue weighted by Crippen LogP contribution is -2.19. The third kappa shape index (κ3) is 4.20. The summed E-state index contributed by atoms with van der Waals surface area (Å²) in [6.07, 6.45) is 1.76. The fourth-order valence-corrected chi connectivity index (χ4v) is 1.97. The van der Waals surface area contributed by atoms with Crippen molar-refractivity contribution < 1.29 is 9.90 Å². The molecule has 0 radical (unpaired) electrons. The van der Waals surface area contributed by atoms with E-state index < -0.39 is 0 Å². The summed E-state index contributed by atoms with van der Waals surface area (Å²) in [5.41, 5.74) is 4.07. The third-order valence-electron chi connectivity index (χ3n) is 2.58. The zero-order valence-electron chi connectivity index (χ0n) is 10.6. The summed E-state index contributed by atoms with van der Waals surface area (Å²) < 4.78 is 0.788. The predicted octanol–water partition coefficient (Wildman–Crippen LogP) is 2.85. The number of phenolic OH excluding ortho intramolecular Hbond substituents is 1. The maximum Gasteiger partial charge on any atom is 0.244 e. The molecule has 102 valence electrons. The molecule has 4 nitrogen and oxygen atoms in total. The summed E-state index contributed by atoms with van der Waals surface area (Å²) in [6.45, 7) is 0. The van der Waals surface area contributed by atoms with Crippen molar-refractivity contribution in [1.29, 1.82) is 0 Å². The Balaban J connectivity index is 1.93. The Morgan fingerprint density at radius 1 is 1.25 bits per heavy atom. The highest BCUT2D eigenvalue weighted by molar-refractivity contribution is 9.10. The Morgan fingerprint density at radius 2 is 2.00 bits per heavy atom. The van der Waals surface area contributed by atoms with E-state index in [0.717, 1.165) is 10.0 Å². The number of carbonyl (C=O) groups is 1. The molecule has 0 saturated heterocycles. The van der Waals surface area contributed by atoms with Crippen molar-refractivity contribution in [3.8, 4) is 5.75 Å². The first kappa shape index (κ1) is 14.3. The van der Waals surface area contributed by atoms with Crippen LogP contribution in [0.2, 0.25) is 0 Å². The average molecular weight is 333 g/mol. The Labute approximate surface area is 125 Å². The number of carbonyl (C=O) groups excluding carboxylic acids is 1. The molecule has 0 aliphatic carbocycles. The normalized spacial score (nSPS) is 10.7. The number of hydrogen-bond donors (Lipinski definition) is 2. The molecule has 0 atom stereocenters. The summed E-state index contributed by atoms with van der Waals surface area (Å²) in [6, 6.07) is 14.3. The minimum atomic E-state index is -0.191. The molecule has 0 spiro atoms. The van der Waals surface area contributed by atoms with Crippen LogP contribution in [0.5, 0.6) is 5.75 Å². The summed E-state index contributed by atoms with van der Waals surface area (Å²) >= 11 is 3.34. The summed E-state index contributed by atoms with van der Waals surface area (Å²) in [5.74, 6) is -0.0472. The third-order valence-corrected chi connectivity index (χ3v) is 3.30. The molecule has 2 rings (SSSR count). The number of nitrogens with zero attached hydrogens (tertiary/aromatic N) is 1. The van der Waals surface area contributed by atoms with Crippen LogP contribution in [-0.2, 0) is 11.2 Å². The smallest absolute Gasteiger partial charge is 0.244 e. The first-order chi connectivity index (χ1) is 9.65. The predicted molar refractivity (Wildman–Crippen MR) is 81.7 cm³/mol. The molecule has 0 aliphatic heterocycles. The van der Waals surface area contributed by atoms with E-state index in [0.29, 0.717) is 5.56 Å². The number of hydrogen-bond acceptors (Lipinski definition) is 3. The molecule has 2 aromatic carbocycles. The van der Waals surface area contributed by atoms with Crippen LogP contribution in [-0.4, -0.2) is 17.2 Å². The van der Waals surface area contributed by atoms with Gasteiger partial charge in [-0.2, -0.15) is 5.10 Å². The van der Waals surface area contributed by atoms with Gasteiger partial charge in [-0.3, -0.25) is 4.79 Å². The van der Waals surface area contributed by atoms with Crippen molar-refractivity contribution in [1.82, 2.24) is 5.43 Å². The highest BCUT2D eigenvalue weighted by Gasteiger charge is 2.02. The SMILES string of the molecule is O=C(Cc1ccccc1)NN=Cc1cc(O)ccc1Br. The van der Waals surface area contributed by atoms with E-state index in [9.17, 15) is 9.90 Å². The average Bonchev–Trinajstić information content (AvgIpc) is 2.44. The van der Waals surface area contributed by atoms with Crippen molar-refractivity contribution in [2.45, 2.75) is 6.42 Å². The number of halogens is 1. The Hall–Kier alpha value is -2.14. The van der Waals surface area contributed by atoms with Crippen LogP contribution in [0.3, 0.4) is 0 Å². The second-order valence-corrected chi connectivity index (χ2v) is 5.02. The van der Waals surface area contributed by atoms with Crippen molar-refractivity contribution >= 4 is 28.1 Å². The Kier molecular flexibility index (Phi) is 4.90. The van der Waals surface area contributed by atoms with Gasteiger partial charge in [0, 0.05) is 10.0 Å². The molecule has 0 unspecified atom stereocenters. The zero-order valence-corrected chi connectivity index (χ0v) is 12.2. The second kappa shape index (κ2) is 6.86. The number of hydrazone groups is 1. The summed E-state index contributed by atoms with van der Waals surface area (Å²) in [5, 5.41) is 13.2. The molecule has 1 amide bonds. The number of amides is 1. The molecule has 0 fully saturated rings. The Bertz CT molecular complexity index is 627. The monoisotopic (exact) mass is 332 g/mol. The lowest BCUT2D eigenvalue weighted by Gasteiger charge is -2.01. The molecule has 0 aromatic heterocycles. The first-order valence-corrected chi connectivity index (χ1v) is 6.79. The van der Waals surface area contributed by atoms with Crippen LogP contribution >= 0.6 is 15.9 Å². The quantitative estimate of drug-likeness (QED) is 0.668. The van der Waals surface area contributed by atoms with Crippen molar-refractivity contribution in [2.24, 2.45) is 5.10 Å². The van der Waals surface area contributed by atoms with Gasteiger partial charge in [-0.05, 0) is 23.8 Å². The number of phenols is 1. The lowest BCUT2D eigenvalue weighted by molar-refractivity contribution is -0.120. The topological polar surface area (TPSA) is 61.7 Å². The van der Waals surface area contributed by atoms with Gasteiger partial charge in [0.05, 0.1) is 12.6 Å². The molecule has 0 saturated carbocycles. The van der Waals surface area contributed by atoms with Crippen LogP contribution in [0.1, 0.15) is 11.1 Å². The molecule has 2 N–H and O–H groups in total. The molecule has 2 aromatic rings. The van der Waals surface area contributed by atoms with E-state index in [4.69, 9.17) is 0 Å². The largest absolute Gasteiger partial charge is 0.508 e. The number of aromatic hydroxyl groups is 1. The molecule has 20 heavy (non-hydrogen) atoms. The number of nitrogens with one attached hydrogen (secondary N) is 1. The lowest BCUT2D eigenvalue weighted by atomic mass is 10.1. The van der Waals surface area contributed by atoms with E-state index in [-0.39, 0.29) is 18.1 Å². The maximum atomic E-state index is 11.7. The molecule has 0 heterocycles. The highest BCUT2D eigenvalue weighted by Crippen LogP contribution is 2.19. The van der Waals surface area contributed by atoms with Crippen LogP contribution in [0.4, 0.5) is 0 Å². The van der Waals surface area contributed by atoms with Crippen LogP contribution in [0.25, 0.3) is 0 Å². The van der Waals surface area contributed by atoms with E-state index in [2.05, 4.69) is 26.5 Å². The van der Waals surface area contributed by atoms with Crippen LogP contribution < -0.4 is 5.43 Å². The fraction of sp³-hybridized carbons (Fsp3) is 0.0667. The molecule has 5 heteroatoms. The van der Waals surface area contributed by atoms with Crippen LogP contribution in [0, 0.1) is 0 Å². The number of benzene rings is 2. The summed E-state index contributed by atoms with van der Waals surface area (Å²) in [4.78, 5) is 11.7. The summed E-state index contributed by atoms with van der Waals surface area (Å²) in [7, 11) is 0. The molecule has 0 aliphatic rings. The van der Waals surface area contributed by atoms with Gasteiger partial charge in [-0.25, -0.2) is 5.43 Å². The van der Waals surface area contributed by atoms with Gasteiger partial charge < -0.3 is 5.11 Å². The van der Waals surface area contributed by atoms with Gasteiger partial charge in [0.2, 0.25) is 5.91 Å². The van der Waals surface area contributed by atoms with E-state index in [1.165, 1.54) is 6.21 Å². The zero-order chi connectivity index (χ0) is 14.4. The molecular weight excluding hydrogens is 320 g/mol. The van der Waals surface area contributed by atoms with Gasteiger partial charge in [0.15, 0.2) is 0 Å². The highest BCUT2D eigenvalue weighted by atomic mass is 79.9. The minimum absolute atomic E-state index is 0.144. The maximum absolute atomic E-state index is 11.7. The van der Waals surface area contributed by atoms with Crippen molar-refractivity contribution in [3.63, 3.8) is 0 Å². The van der Waals surface area contributed by atoms with E-state index in [1.807, 2.05) is 30.3 Å². The van der Waals surface area contributed by atoms with Gasteiger partial charge in [0.25, 0.3) is 0 Å². The van der Waals surface area contributed by atoms with Gasteiger partial charge >= 0.3 is 0 Å². The van der Waals surface area contributed by atoms with Crippen molar-refractivity contribution in [2.75, 3.05) is 0 Å². The fourth-order valence-electron chi connectivity index (χ4n) is 1.62. The second-order valence-electron chi connectivity index (χ2n) is 4.16. The van der Waals surface area contributed by atoms with E-state index >= 15 is 0 Å². The first-order valence-electron chi connectivity index (χ1n) is 5.99. The standard InChI is InChI=1S/C15H13BrN2O2/c16-14-7-6-13(19)9-12(14)10-17-18-15(20)8-11-4-2-1-3-5-11/h1-7,9-10,19H,8H2,(H,18,20). The van der Waals surface area contributed by atoms with E-state index in [1.54, 1.807) is 18.2 Å². The Morgan fingerprint density at radius 3 is 2.75 bits per heavy atom. The molecule has 0 bridgehead atoms. The van der Waals surface area contributed by atoms with Gasteiger partial charge in [0.1, 0.15) is 5.75 Å². The van der Waals surface area contributed by atoms with Crippen molar-refractivity contribution in [3.05, 3.63) is 64.1 Å². The molecular formula is C15H13BrN2O2. The minimum Gasteiger partial charge on any atom is -0.508 e. The van der Waals surface area contributed by atoms with Gasteiger partial charge in [-0.1, -0.05) is 46.3 Å². The van der Waals surface area contributed by atoms with Crippen LogP contribution in [0.15, 0.2) is 58.1 Å². The number of rotatable bonds is 4.